The molecule has 1 atom stereocenters. The molecule has 3 heterocycles. The first-order valence-electron chi connectivity index (χ1n) is 8.78. The van der Waals surface area contributed by atoms with Gasteiger partial charge < -0.3 is 10.2 Å². The minimum atomic E-state index is 0.141. The van der Waals surface area contributed by atoms with Crippen LogP contribution >= 0.6 is 11.3 Å². The predicted molar refractivity (Wildman–Crippen MR) is 100 cm³/mol. The van der Waals surface area contributed by atoms with Crippen molar-refractivity contribution in [3.63, 3.8) is 0 Å². The maximum Gasteiger partial charge on any atom is 0.265 e. The molecule has 7 heteroatoms. The van der Waals surface area contributed by atoms with Gasteiger partial charge in [-0.25, -0.2) is 9.97 Å². The maximum absolute atomic E-state index is 12.8. The van der Waals surface area contributed by atoms with E-state index in [9.17, 15) is 4.79 Å². The number of amides is 1. The van der Waals surface area contributed by atoms with E-state index in [0.717, 1.165) is 65.9 Å². The normalized spacial score (nSPS) is 18.0. The van der Waals surface area contributed by atoms with Crippen LogP contribution in [0.3, 0.4) is 0 Å². The summed E-state index contributed by atoms with van der Waals surface area (Å²) in [5.74, 6) is 1.48. The fourth-order valence-electron chi connectivity index (χ4n) is 3.33. The summed E-state index contributed by atoms with van der Waals surface area (Å²) < 4.78 is 0. The highest BCUT2D eigenvalue weighted by molar-refractivity contribution is 7.13. The summed E-state index contributed by atoms with van der Waals surface area (Å²) in [6.45, 7) is 5.51. The monoisotopic (exact) mass is 359 g/mol. The van der Waals surface area contributed by atoms with Gasteiger partial charge in [-0.05, 0) is 45.4 Å². The zero-order valence-electron chi connectivity index (χ0n) is 15.1. The number of aryl methyl sites for hydroxylation is 2. The number of hydrogen-bond donors (Lipinski definition) is 1. The van der Waals surface area contributed by atoms with E-state index >= 15 is 0 Å². The van der Waals surface area contributed by atoms with Crippen LogP contribution in [0.15, 0.2) is 12.4 Å². The first-order valence-corrected chi connectivity index (χ1v) is 9.60. The van der Waals surface area contributed by atoms with Crippen LogP contribution in [0, 0.1) is 19.8 Å². The molecule has 1 fully saturated rings. The second-order valence-electron chi connectivity index (χ2n) is 6.58. The van der Waals surface area contributed by atoms with Gasteiger partial charge in [0.1, 0.15) is 10.7 Å². The summed E-state index contributed by atoms with van der Waals surface area (Å²) in [4.78, 5) is 28.8. The number of carbonyl (C=O) groups is 1. The van der Waals surface area contributed by atoms with E-state index in [1.54, 1.807) is 6.20 Å². The van der Waals surface area contributed by atoms with Crippen LogP contribution < -0.4 is 5.32 Å². The average Bonchev–Trinajstić information content (AvgIpc) is 2.81. The molecule has 2 aromatic rings. The van der Waals surface area contributed by atoms with E-state index in [1.165, 1.54) is 11.3 Å². The third-order valence-electron chi connectivity index (χ3n) is 4.69. The quantitative estimate of drug-likeness (QED) is 0.908. The van der Waals surface area contributed by atoms with Crippen molar-refractivity contribution in [2.75, 3.05) is 25.5 Å². The molecule has 1 aliphatic heterocycles. The van der Waals surface area contributed by atoms with Crippen molar-refractivity contribution in [3.05, 3.63) is 33.7 Å². The largest absolute Gasteiger partial charge is 0.372 e. The predicted octanol–water partition coefficient (Wildman–Crippen LogP) is 3.08. The number of hydrogen-bond acceptors (Lipinski definition) is 6. The van der Waals surface area contributed by atoms with Gasteiger partial charge in [0, 0.05) is 20.1 Å². The van der Waals surface area contributed by atoms with Crippen LogP contribution in [0.4, 0.5) is 5.82 Å². The molecule has 1 aliphatic rings. The van der Waals surface area contributed by atoms with Gasteiger partial charge in [-0.3, -0.25) is 9.78 Å². The van der Waals surface area contributed by atoms with Crippen molar-refractivity contribution in [2.24, 2.45) is 5.92 Å². The van der Waals surface area contributed by atoms with E-state index in [0.29, 0.717) is 5.92 Å². The second kappa shape index (κ2) is 7.91. The number of nitrogens with zero attached hydrogens (tertiary/aromatic N) is 4. The van der Waals surface area contributed by atoms with Crippen molar-refractivity contribution in [1.29, 1.82) is 0 Å². The molecule has 1 saturated heterocycles. The van der Waals surface area contributed by atoms with E-state index in [1.807, 2.05) is 32.0 Å². The summed E-state index contributed by atoms with van der Waals surface area (Å²) >= 11 is 1.50. The molecule has 1 N–H and O–H groups in total. The SMILES string of the molecule is CNc1cnc(C[C@@H]2CCCN(C(=O)c3sc(C)nc3C)CC2)cn1. The van der Waals surface area contributed by atoms with Crippen LogP contribution in [-0.2, 0) is 6.42 Å². The topological polar surface area (TPSA) is 71.0 Å². The van der Waals surface area contributed by atoms with E-state index in [-0.39, 0.29) is 5.91 Å². The Hall–Kier alpha value is -2.02. The van der Waals surface area contributed by atoms with Gasteiger partial charge in [-0.15, -0.1) is 11.3 Å². The Bertz CT molecular complexity index is 728. The third kappa shape index (κ3) is 4.34. The Kier molecular flexibility index (Phi) is 5.63. The van der Waals surface area contributed by atoms with E-state index in [2.05, 4.69) is 20.3 Å². The first-order chi connectivity index (χ1) is 12.1. The van der Waals surface area contributed by atoms with Crippen LogP contribution in [0.1, 0.15) is 45.3 Å². The Labute approximate surface area is 152 Å². The van der Waals surface area contributed by atoms with Gasteiger partial charge in [-0.1, -0.05) is 0 Å². The van der Waals surface area contributed by atoms with Crippen molar-refractivity contribution >= 4 is 23.1 Å². The molecule has 134 valence electrons. The fourth-order valence-corrected chi connectivity index (χ4v) is 4.22. The van der Waals surface area contributed by atoms with E-state index < -0.39 is 0 Å². The Morgan fingerprint density at radius 2 is 2.12 bits per heavy atom. The third-order valence-corrected chi connectivity index (χ3v) is 5.75. The molecule has 0 saturated carbocycles. The van der Waals surface area contributed by atoms with Crippen LogP contribution in [0.2, 0.25) is 0 Å². The second-order valence-corrected chi connectivity index (χ2v) is 7.79. The molecule has 0 spiro atoms. The lowest BCUT2D eigenvalue weighted by atomic mass is 9.95. The number of carbonyl (C=O) groups excluding carboxylic acids is 1. The smallest absolute Gasteiger partial charge is 0.265 e. The van der Waals surface area contributed by atoms with E-state index in [4.69, 9.17) is 0 Å². The minimum Gasteiger partial charge on any atom is -0.372 e. The molecular weight excluding hydrogens is 334 g/mol. The summed E-state index contributed by atoms with van der Waals surface area (Å²) in [6, 6.07) is 0. The lowest BCUT2D eigenvalue weighted by molar-refractivity contribution is 0.0764. The highest BCUT2D eigenvalue weighted by atomic mass is 32.1. The van der Waals surface area contributed by atoms with Crippen LogP contribution in [0.25, 0.3) is 0 Å². The van der Waals surface area contributed by atoms with Crippen LogP contribution in [-0.4, -0.2) is 45.9 Å². The van der Waals surface area contributed by atoms with Gasteiger partial charge in [-0.2, -0.15) is 0 Å². The Morgan fingerprint density at radius 3 is 2.76 bits per heavy atom. The molecule has 0 aromatic carbocycles. The summed E-state index contributed by atoms with van der Waals surface area (Å²) in [6.07, 6.45) is 7.73. The standard InChI is InChI=1S/C18H25N5OS/c1-12-17(25-13(2)22-12)18(24)23-7-4-5-14(6-8-23)9-15-10-21-16(19-3)11-20-15/h10-11,14H,4-9H2,1-3H3,(H,19,21)/t14-/m1/s1. The molecule has 0 radical (unpaired) electrons. The first kappa shape index (κ1) is 17.8. The molecule has 1 amide bonds. The molecule has 25 heavy (non-hydrogen) atoms. The minimum absolute atomic E-state index is 0.141. The Balaban J connectivity index is 1.60. The Morgan fingerprint density at radius 1 is 1.28 bits per heavy atom. The van der Waals surface area contributed by atoms with Gasteiger partial charge in [0.05, 0.1) is 28.8 Å². The zero-order valence-corrected chi connectivity index (χ0v) is 15.9. The van der Waals surface area contributed by atoms with Gasteiger partial charge in [0.15, 0.2) is 0 Å². The fraction of sp³-hybridized carbons (Fsp3) is 0.556. The summed E-state index contributed by atoms with van der Waals surface area (Å²) in [7, 11) is 1.84. The molecule has 0 bridgehead atoms. The maximum atomic E-state index is 12.8. The summed E-state index contributed by atoms with van der Waals surface area (Å²) in [5, 5.41) is 3.94. The zero-order chi connectivity index (χ0) is 17.8. The molecule has 2 aromatic heterocycles. The lowest BCUT2D eigenvalue weighted by Gasteiger charge is -2.20. The highest BCUT2D eigenvalue weighted by Gasteiger charge is 2.24. The van der Waals surface area contributed by atoms with Gasteiger partial charge in [0.25, 0.3) is 5.91 Å². The molecule has 6 nitrogen and oxygen atoms in total. The van der Waals surface area contributed by atoms with Crippen molar-refractivity contribution in [2.45, 2.75) is 39.5 Å². The lowest BCUT2D eigenvalue weighted by Crippen LogP contribution is -2.32. The number of thiazole rings is 1. The number of rotatable bonds is 4. The van der Waals surface area contributed by atoms with Gasteiger partial charge in [0.2, 0.25) is 0 Å². The number of anilines is 1. The average molecular weight is 359 g/mol. The van der Waals surface area contributed by atoms with Crippen molar-refractivity contribution < 1.29 is 4.79 Å². The molecule has 3 rings (SSSR count). The highest BCUT2D eigenvalue weighted by Crippen LogP contribution is 2.25. The van der Waals surface area contributed by atoms with Crippen molar-refractivity contribution in [3.8, 4) is 0 Å². The van der Waals surface area contributed by atoms with Crippen molar-refractivity contribution in [1.82, 2.24) is 19.9 Å². The number of nitrogens with one attached hydrogen (secondary N) is 1. The number of likely N-dealkylation sites (tertiary alicyclic amines) is 1. The molecular formula is C18H25N5OS. The molecule has 0 unspecified atom stereocenters. The van der Waals surface area contributed by atoms with Crippen LogP contribution in [0.5, 0.6) is 0 Å². The number of aromatic nitrogens is 3. The molecule has 0 aliphatic carbocycles. The summed E-state index contributed by atoms with van der Waals surface area (Å²) in [5.41, 5.74) is 1.88. The van der Waals surface area contributed by atoms with Gasteiger partial charge >= 0.3 is 0 Å².